The highest BCUT2D eigenvalue weighted by Gasteiger charge is 2.11. The molecule has 2 N–H and O–H groups in total. The molecule has 0 aliphatic heterocycles. The smallest absolute Gasteiger partial charge is 0.258 e. The summed E-state index contributed by atoms with van der Waals surface area (Å²) in [5.41, 5.74) is 5.71. The lowest BCUT2D eigenvalue weighted by molar-refractivity contribution is -0.119. The van der Waals surface area contributed by atoms with Crippen LogP contribution in [0.1, 0.15) is 5.69 Å². The second kappa shape index (κ2) is 6.60. The quantitative estimate of drug-likeness (QED) is 0.757. The van der Waals surface area contributed by atoms with Crippen LogP contribution in [0.25, 0.3) is 4.96 Å². The third-order valence-electron chi connectivity index (χ3n) is 2.73. The summed E-state index contributed by atoms with van der Waals surface area (Å²) >= 11 is 1.39. The van der Waals surface area contributed by atoms with E-state index >= 15 is 0 Å². The molecule has 7 nitrogen and oxygen atoms in total. The minimum Gasteiger partial charge on any atom is -0.383 e. The summed E-state index contributed by atoms with van der Waals surface area (Å²) < 4.78 is 6.48. The molecule has 2 aromatic rings. The molecular weight excluding hydrogens is 280 g/mol. The Morgan fingerprint density at radius 3 is 3.10 bits per heavy atom. The van der Waals surface area contributed by atoms with Crippen molar-refractivity contribution in [3.8, 4) is 0 Å². The lowest BCUT2D eigenvalue weighted by atomic mass is 10.3. The number of nitrogens with zero attached hydrogens (tertiary/aromatic N) is 3. The Kier molecular flexibility index (Phi) is 4.83. The molecule has 0 saturated carbocycles. The van der Waals surface area contributed by atoms with Crippen molar-refractivity contribution >= 4 is 22.2 Å². The largest absolute Gasteiger partial charge is 0.383 e. The summed E-state index contributed by atoms with van der Waals surface area (Å²) in [7, 11) is 1.59. The van der Waals surface area contributed by atoms with Gasteiger partial charge in [0.2, 0.25) is 5.91 Å². The Bertz CT molecular complexity index is 651. The Morgan fingerprint density at radius 2 is 2.40 bits per heavy atom. The highest BCUT2D eigenvalue weighted by molar-refractivity contribution is 7.15. The molecular formula is C12H16N4O3S. The SMILES string of the molecule is COCCN(CC(N)=O)Cc1cc(=O)n2ccsc2n1. The van der Waals surface area contributed by atoms with Crippen molar-refractivity contribution in [1.82, 2.24) is 14.3 Å². The first-order valence-corrected chi connectivity index (χ1v) is 6.93. The van der Waals surface area contributed by atoms with Crippen LogP contribution in [0.5, 0.6) is 0 Å². The van der Waals surface area contributed by atoms with Gasteiger partial charge in [0, 0.05) is 37.8 Å². The van der Waals surface area contributed by atoms with E-state index in [-0.39, 0.29) is 12.1 Å². The van der Waals surface area contributed by atoms with E-state index in [0.717, 1.165) is 0 Å². The standard InChI is InChI=1S/C12H16N4O3S/c1-19-4-2-15(8-10(13)17)7-9-6-11(18)16-3-5-20-12(16)14-9/h3,5-6H,2,4,7-8H2,1H3,(H2,13,17). The molecule has 8 heteroatoms. The number of rotatable bonds is 7. The Labute approximate surface area is 119 Å². The molecule has 2 rings (SSSR count). The van der Waals surface area contributed by atoms with Gasteiger partial charge in [-0.3, -0.25) is 18.9 Å². The van der Waals surface area contributed by atoms with Gasteiger partial charge in [-0.1, -0.05) is 0 Å². The van der Waals surface area contributed by atoms with Crippen molar-refractivity contribution in [1.29, 1.82) is 0 Å². The van der Waals surface area contributed by atoms with Gasteiger partial charge in [-0.2, -0.15) is 0 Å². The van der Waals surface area contributed by atoms with Gasteiger partial charge in [0.1, 0.15) is 0 Å². The lowest BCUT2D eigenvalue weighted by Gasteiger charge is -2.19. The third kappa shape index (κ3) is 3.62. The van der Waals surface area contributed by atoms with Gasteiger partial charge < -0.3 is 10.5 Å². The van der Waals surface area contributed by atoms with Crippen LogP contribution >= 0.6 is 11.3 Å². The first kappa shape index (κ1) is 14.6. The van der Waals surface area contributed by atoms with E-state index in [1.807, 2.05) is 0 Å². The monoisotopic (exact) mass is 296 g/mol. The Morgan fingerprint density at radius 1 is 1.60 bits per heavy atom. The number of nitrogens with two attached hydrogens (primary N) is 1. The molecule has 0 aliphatic rings. The van der Waals surface area contributed by atoms with Crippen molar-refractivity contribution in [3.63, 3.8) is 0 Å². The fraction of sp³-hybridized carbons (Fsp3) is 0.417. The highest BCUT2D eigenvalue weighted by Crippen LogP contribution is 2.08. The molecule has 0 aromatic carbocycles. The van der Waals surface area contributed by atoms with Gasteiger partial charge >= 0.3 is 0 Å². The average molecular weight is 296 g/mol. The minimum atomic E-state index is -0.421. The molecule has 20 heavy (non-hydrogen) atoms. The molecule has 0 spiro atoms. The van der Waals surface area contributed by atoms with Crippen LogP contribution in [0.4, 0.5) is 0 Å². The number of carbonyl (C=O) groups is 1. The summed E-state index contributed by atoms with van der Waals surface area (Å²) in [5, 5.41) is 1.81. The highest BCUT2D eigenvalue weighted by atomic mass is 32.1. The second-order valence-corrected chi connectivity index (χ2v) is 5.18. The topological polar surface area (TPSA) is 89.9 Å². The molecule has 0 aliphatic carbocycles. The fourth-order valence-corrected chi connectivity index (χ4v) is 2.59. The molecule has 0 radical (unpaired) electrons. The number of carbonyl (C=O) groups excluding carboxylic acids is 1. The van der Waals surface area contributed by atoms with E-state index in [1.54, 1.807) is 23.6 Å². The van der Waals surface area contributed by atoms with Crippen LogP contribution in [0, 0.1) is 0 Å². The lowest BCUT2D eigenvalue weighted by Crippen LogP contribution is -2.36. The first-order chi connectivity index (χ1) is 9.60. The summed E-state index contributed by atoms with van der Waals surface area (Å²) in [4.78, 5) is 29.8. The predicted octanol–water partition coefficient (Wildman–Crippen LogP) is -0.310. The minimum absolute atomic E-state index is 0.106. The van der Waals surface area contributed by atoms with Crippen LogP contribution in [0.2, 0.25) is 0 Å². The number of thiazole rings is 1. The summed E-state index contributed by atoms with van der Waals surface area (Å²) in [6.45, 7) is 1.52. The number of fused-ring (bicyclic) bond motifs is 1. The van der Waals surface area contributed by atoms with Crippen molar-refractivity contribution in [3.05, 3.63) is 33.7 Å². The number of aromatic nitrogens is 2. The third-order valence-corrected chi connectivity index (χ3v) is 3.49. The summed E-state index contributed by atoms with van der Waals surface area (Å²) in [5.74, 6) is -0.421. The van der Waals surface area contributed by atoms with Gasteiger partial charge in [-0.15, -0.1) is 11.3 Å². The van der Waals surface area contributed by atoms with Crippen LogP contribution < -0.4 is 11.3 Å². The maximum atomic E-state index is 11.9. The van der Waals surface area contributed by atoms with Crippen LogP contribution in [-0.4, -0.2) is 47.0 Å². The summed E-state index contributed by atoms with van der Waals surface area (Å²) in [6.07, 6.45) is 1.69. The van der Waals surface area contributed by atoms with Gasteiger partial charge in [-0.25, -0.2) is 4.98 Å². The molecule has 0 fully saturated rings. The van der Waals surface area contributed by atoms with Crippen molar-refractivity contribution in [2.24, 2.45) is 5.73 Å². The zero-order chi connectivity index (χ0) is 14.5. The Hall–Kier alpha value is -1.77. The van der Waals surface area contributed by atoms with Crippen molar-refractivity contribution in [2.45, 2.75) is 6.54 Å². The van der Waals surface area contributed by atoms with E-state index in [0.29, 0.717) is 30.4 Å². The average Bonchev–Trinajstić information content (AvgIpc) is 2.84. The first-order valence-electron chi connectivity index (χ1n) is 6.05. The molecule has 2 heterocycles. The molecule has 108 valence electrons. The van der Waals surface area contributed by atoms with Crippen LogP contribution in [0.3, 0.4) is 0 Å². The number of hydrogen-bond acceptors (Lipinski definition) is 6. The molecule has 2 aromatic heterocycles. The molecule has 0 bridgehead atoms. The van der Waals surface area contributed by atoms with Gasteiger partial charge in [-0.05, 0) is 0 Å². The van der Waals surface area contributed by atoms with E-state index in [2.05, 4.69) is 4.98 Å². The normalized spacial score (nSPS) is 11.3. The molecule has 0 saturated heterocycles. The Balaban J connectivity index is 2.18. The van der Waals surface area contributed by atoms with Crippen molar-refractivity contribution in [2.75, 3.05) is 26.8 Å². The molecule has 0 atom stereocenters. The van der Waals surface area contributed by atoms with Crippen LogP contribution in [0.15, 0.2) is 22.4 Å². The van der Waals surface area contributed by atoms with Gasteiger partial charge in [0.05, 0.1) is 18.8 Å². The fourth-order valence-electron chi connectivity index (χ4n) is 1.85. The summed E-state index contributed by atoms with van der Waals surface area (Å²) in [6, 6.07) is 1.47. The van der Waals surface area contributed by atoms with E-state index in [9.17, 15) is 9.59 Å². The molecule has 0 unspecified atom stereocenters. The van der Waals surface area contributed by atoms with E-state index in [1.165, 1.54) is 21.8 Å². The number of hydrogen-bond donors (Lipinski definition) is 1. The molecule has 1 amide bonds. The van der Waals surface area contributed by atoms with Gasteiger partial charge in [0.15, 0.2) is 4.96 Å². The second-order valence-electron chi connectivity index (χ2n) is 4.31. The number of primary amides is 1. The maximum Gasteiger partial charge on any atom is 0.258 e. The number of methoxy groups -OCH3 is 1. The maximum absolute atomic E-state index is 11.9. The predicted molar refractivity (Wildman–Crippen MR) is 75.7 cm³/mol. The van der Waals surface area contributed by atoms with Gasteiger partial charge in [0.25, 0.3) is 5.56 Å². The number of amides is 1. The number of ether oxygens (including phenoxy) is 1. The van der Waals surface area contributed by atoms with Crippen LogP contribution in [-0.2, 0) is 16.1 Å². The van der Waals surface area contributed by atoms with E-state index in [4.69, 9.17) is 10.5 Å². The zero-order valence-corrected chi connectivity index (χ0v) is 11.9. The van der Waals surface area contributed by atoms with Crippen molar-refractivity contribution < 1.29 is 9.53 Å². The zero-order valence-electron chi connectivity index (χ0n) is 11.1. The van der Waals surface area contributed by atoms with E-state index < -0.39 is 5.91 Å².